The molecule has 0 bridgehead atoms. The first-order valence-electron chi connectivity index (χ1n) is 11.1. The molecule has 1 amide bonds. The van der Waals surface area contributed by atoms with Gasteiger partial charge < -0.3 is 25.2 Å². The molecule has 1 heterocycles. The van der Waals surface area contributed by atoms with Crippen LogP contribution in [0.25, 0.3) is 10.9 Å². The van der Waals surface area contributed by atoms with Crippen LogP contribution in [0.3, 0.4) is 0 Å². The Balaban J connectivity index is 1.77. The van der Waals surface area contributed by atoms with Crippen molar-refractivity contribution in [3.05, 3.63) is 59.4 Å². The SMILES string of the molecule is C#CCN(Cc1ccc2nc(C)nc(OC)c2c1)c1ccc(C(=O)NC(CCC(=O)O)C(=O)O)cc1. The van der Waals surface area contributed by atoms with Gasteiger partial charge in [0.05, 0.1) is 24.6 Å². The van der Waals surface area contributed by atoms with E-state index in [1.165, 1.54) is 0 Å². The standard InChI is InChI=1S/C26H26N4O6/c1-4-13-30(15-17-5-10-21-20(14-17)25(36-3)28-16(2)27-21)19-8-6-18(7-9-19)24(33)29-22(26(34)35)11-12-23(31)32/h1,5-10,14,22H,11-13,15H2,2-3H3,(H,29,33)(H,31,32)(H,34,35). The van der Waals surface area contributed by atoms with Crippen LogP contribution in [0.1, 0.15) is 34.6 Å². The first-order chi connectivity index (χ1) is 17.2. The molecule has 36 heavy (non-hydrogen) atoms. The van der Waals surface area contributed by atoms with Crippen molar-refractivity contribution < 1.29 is 29.3 Å². The largest absolute Gasteiger partial charge is 0.481 e. The molecule has 1 aromatic heterocycles. The second kappa shape index (κ2) is 11.7. The number of hydrogen-bond acceptors (Lipinski definition) is 7. The Labute approximate surface area is 207 Å². The highest BCUT2D eigenvalue weighted by atomic mass is 16.5. The summed E-state index contributed by atoms with van der Waals surface area (Å²) >= 11 is 0. The van der Waals surface area contributed by atoms with Gasteiger partial charge in [-0.1, -0.05) is 12.0 Å². The molecule has 0 saturated carbocycles. The van der Waals surface area contributed by atoms with Gasteiger partial charge in [0.15, 0.2) is 0 Å². The zero-order valence-electron chi connectivity index (χ0n) is 19.9. The van der Waals surface area contributed by atoms with Crippen LogP contribution in [0, 0.1) is 19.3 Å². The Bertz CT molecular complexity index is 1320. The van der Waals surface area contributed by atoms with E-state index in [1.54, 1.807) is 38.3 Å². The Morgan fingerprint density at radius 1 is 1.14 bits per heavy atom. The van der Waals surface area contributed by atoms with E-state index >= 15 is 0 Å². The molecule has 1 atom stereocenters. The van der Waals surface area contributed by atoms with Gasteiger partial charge in [-0.25, -0.2) is 9.78 Å². The number of carboxylic acid groups (broad SMARTS) is 2. The van der Waals surface area contributed by atoms with Crippen molar-refractivity contribution in [1.29, 1.82) is 0 Å². The zero-order chi connectivity index (χ0) is 26.2. The number of nitrogens with one attached hydrogen (secondary N) is 1. The van der Waals surface area contributed by atoms with Gasteiger partial charge in [-0.05, 0) is 55.3 Å². The van der Waals surface area contributed by atoms with Crippen LogP contribution in [-0.4, -0.2) is 57.7 Å². The number of aromatic nitrogens is 2. The summed E-state index contributed by atoms with van der Waals surface area (Å²) in [6, 6.07) is 11.0. The Hall–Kier alpha value is -4.65. The van der Waals surface area contributed by atoms with Crippen LogP contribution in [0.15, 0.2) is 42.5 Å². The van der Waals surface area contributed by atoms with Gasteiger partial charge in [0, 0.05) is 24.2 Å². The number of methoxy groups -OCH3 is 1. The maximum atomic E-state index is 12.5. The molecule has 0 aliphatic heterocycles. The number of carbonyl (C=O) groups is 3. The van der Waals surface area contributed by atoms with Crippen molar-refractivity contribution in [3.63, 3.8) is 0 Å². The van der Waals surface area contributed by atoms with Crippen LogP contribution in [-0.2, 0) is 16.1 Å². The fraction of sp³-hybridized carbons (Fsp3) is 0.269. The van der Waals surface area contributed by atoms with Crippen LogP contribution in [0.5, 0.6) is 5.88 Å². The number of carbonyl (C=O) groups excluding carboxylic acids is 1. The number of rotatable bonds is 11. The minimum absolute atomic E-state index is 0.217. The summed E-state index contributed by atoms with van der Waals surface area (Å²) in [4.78, 5) is 45.3. The Kier molecular flexibility index (Phi) is 8.41. The second-order valence-corrected chi connectivity index (χ2v) is 8.04. The molecule has 10 nitrogen and oxygen atoms in total. The van der Waals surface area contributed by atoms with Crippen LogP contribution < -0.4 is 15.0 Å². The number of fused-ring (bicyclic) bond motifs is 1. The van der Waals surface area contributed by atoms with Crippen LogP contribution in [0.2, 0.25) is 0 Å². The molecular formula is C26H26N4O6. The maximum Gasteiger partial charge on any atom is 0.326 e. The smallest absolute Gasteiger partial charge is 0.326 e. The lowest BCUT2D eigenvalue weighted by Crippen LogP contribution is -2.41. The number of terminal acetylenes is 1. The summed E-state index contributed by atoms with van der Waals surface area (Å²) in [5.74, 6) is 0.690. The molecule has 3 N–H and O–H groups in total. The fourth-order valence-electron chi connectivity index (χ4n) is 3.67. The lowest BCUT2D eigenvalue weighted by atomic mass is 10.1. The van der Waals surface area contributed by atoms with Gasteiger partial charge in [-0.15, -0.1) is 6.42 Å². The summed E-state index contributed by atoms with van der Waals surface area (Å²) in [6.07, 6.45) is 5.00. The zero-order valence-corrected chi connectivity index (χ0v) is 19.9. The molecule has 186 valence electrons. The molecule has 0 fully saturated rings. The summed E-state index contributed by atoms with van der Waals surface area (Å²) in [7, 11) is 1.56. The fourth-order valence-corrected chi connectivity index (χ4v) is 3.67. The third kappa shape index (κ3) is 6.48. The van der Waals surface area contributed by atoms with Gasteiger partial charge in [0.25, 0.3) is 5.91 Å². The molecule has 2 aromatic carbocycles. The lowest BCUT2D eigenvalue weighted by Gasteiger charge is -2.23. The van der Waals surface area contributed by atoms with E-state index in [2.05, 4.69) is 21.2 Å². The van der Waals surface area contributed by atoms with E-state index in [0.29, 0.717) is 24.8 Å². The predicted molar refractivity (Wildman–Crippen MR) is 133 cm³/mol. The highest BCUT2D eigenvalue weighted by Gasteiger charge is 2.22. The van der Waals surface area contributed by atoms with E-state index in [1.807, 2.05) is 23.1 Å². The molecule has 1 unspecified atom stereocenters. The van der Waals surface area contributed by atoms with Gasteiger partial charge in [-0.2, -0.15) is 4.98 Å². The van der Waals surface area contributed by atoms with Gasteiger partial charge in [0.2, 0.25) is 5.88 Å². The summed E-state index contributed by atoms with van der Waals surface area (Å²) < 4.78 is 5.40. The minimum atomic E-state index is -1.30. The van der Waals surface area contributed by atoms with Crippen molar-refractivity contribution in [2.75, 3.05) is 18.6 Å². The minimum Gasteiger partial charge on any atom is -0.481 e. The molecule has 3 aromatic rings. The molecule has 0 aliphatic rings. The highest BCUT2D eigenvalue weighted by Crippen LogP contribution is 2.25. The van der Waals surface area contributed by atoms with Gasteiger partial charge in [0.1, 0.15) is 11.9 Å². The first-order valence-corrected chi connectivity index (χ1v) is 11.1. The number of carboxylic acids is 2. The monoisotopic (exact) mass is 490 g/mol. The van der Waals surface area contributed by atoms with E-state index < -0.39 is 23.9 Å². The number of ether oxygens (including phenoxy) is 1. The summed E-state index contributed by atoms with van der Waals surface area (Å²) in [5.41, 5.74) is 2.72. The number of benzene rings is 2. The lowest BCUT2D eigenvalue weighted by molar-refractivity contribution is -0.140. The van der Waals surface area contributed by atoms with E-state index in [9.17, 15) is 19.5 Å². The summed E-state index contributed by atoms with van der Waals surface area (Å²) in [5, 5.41) is 21.2. The summed E-state index contributed by atoms with van der Waals surface area (Å²) in [6.45, 7) is 2.58. The molecule has 0 spiro atoms. The van der Waals surface area contributed by atoms with E-state index in [-0.39, 0.29) is 18.4 Å². The molecule has 0 radical (unpaired) electrons. The van der Waals surface area contributed by atoms with Crippen molar-refractivity contribution in [2.45, 2.75) is 32.4 Å². The number of amides is 1. The van der Waals surface area contributed by atoms with Gasteiger partial charge in [-0.3, -0.25) is 9.59 Å². The average molecular weight is 491 g/mol. The molecule has 0 aliphatic carbocycles. The van der Waals surface area contributed by atoms with Crippen LogP contribution in [0.4, 0.5) is 5.69 Å². The molecule has 0 saturated heterocycles. The number of aliphatic carboxylic acids is 2. The Morgan fingerprint density at radius 2 is 1.86 bits per heavy atom. The molecule has 3 rings (SSSR count). The van der Waals surface area contributed by atoms with Crippen LogP contribution >= 0.6 is 0 Å². The number of hydrogen-bond donors (Lipinski definition) is 3. The van der Waals surface area contributed by atoms with Gasteiger partial charge >= 0.3 is 11.9 Å². The average Bonchev–Trinajstić information content (AvgIpc) is 2.85. The third-order valence-electron chi connectivity index (χ3n) is 5.43. The molecular weight excluding hydrogens is 464 g/mol. The quantitative estimate of drug-likeness (QED) is 0.346. The highest BCUT2D eigenvalue weighted by molar-refractivity contribution is 5.97. The van der Waals surface area contributed by atoms with E-state index in [0.717, 1.165) is 22.2 Å². The number of aryl methyl sites for hydroxylation is 1. The second-order valence-electron chi connectivity index (χ2n) is 8.04. The predicted octanol–water partition coefficient (Wildman–Crippen LogP) is 2.63. The topological polar surface area (TPSA) is 142 Å². The normalized spacial score (nSPS) is 11.4. The third-order valence-corrected chi connectivity index (χ3v) is 5.43. The van der Waals surface area contributed by atoms with Crippen molar-refractivity contribution in [3.8, 4) is 18.2 Å². The van der Waals surface area contributed by atoms with Crippen molar-refractivity contribution >= 4 is 34.4 Å². The van der Waals surface area contributed by atoms with Crippen molar-refractivity contribution in [2.24, 2.45) is 0 Å². The Morgan fingerprint density at radius 3 is 2.47 bits per heavy atom. The van der Waals surface area contributed by atoms with E-state index in [4.69, 9.17) is 16.3 Å². The molecule has 10 heteroatoms. The number of anilines is 1. The maximum absolute atomic E-state index is 12.5. The van der Waals surface area contributed by atoms with Crippen molar-refractivity contribution in [1.82, 2.24) is 15.3 Å². The first kappa shape index (κ1) is 26.0. The number of nitrogens with zero attached hydrogens (tertiary/aromatic N) is 3.